The first kappa shape index (κ1) is 7.86. The Morgan fingerprint density at radius 2 is 2.23 bits per heavy atom. The maximum Gasteiger partial charge on any atom is 0.0804 e. The molecule has 0 aromatic heterocycles. The summed E-state index contributed by atoms with van der Waals surface area (Å²) in [7, 11) is 0. The first-order valence-electron chi connectivity index (χ1n) is 5.53. The van der Waals surface area contributed by atoms with Crippen LogP contribution in [0.15, 0.2) is 11.3 Å². The van der Waals surface area contributed by atoms with Crippen LogP contribution < -0.4 is 5.32 Å². The summed E-state index contributed by atoms with van der Waals surface area (Å²) >= 11 is 0. The fourth-order valence-electron chi connectivity index (χ4n) is 2.92. The average Bonchev–Trinajstić information content (AvgIpc) is 2.65. The molecule has 1 aliphatic carbocycles. The molecule has 2 heteroatoms. The molecule has 2 atom stereocenters. The summed E-state index contributed by atoms with van der Waals surface area (Å²) in [6, 6.07) is 0. The minimum atomic E-state index is 0.477. The minimum Gasteiger partial charge on any atom is -0.388 e. The number of nitrogens with one attached hydrogen (secondary N) is 1. The van der Waals surface area contributed by atoms with Crippen molar-refractivity contribution >= 4 is 0 Å². The van der Waals surface area contributed by atoms with Gasteiger partial charge in [-0.15, -0.1) is 0 Å². The molecule has 0 aromatic carbocycles. The molecule has 2 fully saturated rings. The van der Waals surface area contributed by atoms with Gasteiger partial charge in [0.15, 0.2) is 0 Å². The van der Waals surface area contributed by atoms with Crippen LogP contribution in [0.3, 0.4) is 0 Å². The third-order valence-electron chi connectivity index (χ3n) is 3.61. The quantitative estimate of drug-likeness (QED) is 0.612. The predicted octanol–water partition coefficient (Wildman–Crippen LogP) is 1.82. The molecule has 2 unspecified atom stereocenters. The van der Waals surface area contributed by atoms with Gasteiger partial charge in [0, 0.05) is 18.2 Å². The molecule has 0 aromatic rings. The Labute approximate surface area is 79.3 Å². The Morgan fingerprint density at radius 3 is 3.23 bits per heavy atom. The van der Waals surface area contributed by atoms with E-state index in [1.807, 2.05) is 0 Å². The molecule has 2 nitrogen and oxygen atoms in total. The van der Waals surface area contributed by atoms with Gasteiger partial charge in [-0.25, -0.2) is 0 Å². The van der Waals surface area contributed by atoms with Gasteiger partial charge in [-0.2, -0.15) is 0 Å². The first-order valence-corrected chi connectivity index (χ1v) is 5.53. The van der Waals surface area contributed by atoms with Gasteiger partial charge < -0.3 is 10.1 Å². The lowest BCUT2D eigenvalue weighted by atomic mass is 9.85. The highest BCUT2D eigenvalue weighted by Crippen LogP contribution is 2.37. The van der Waals surface area contributed by atoms with Crippen molar-refractivity contribution in [2.24, 2.45) is 5.92 Å². The highest BCUT2D eigenvalue weighted by Gasteiger charge is 2.34. The van der Waals surface area contributed by atoms with Crippen LogP contribution in [-0.2, 0) is 4.74 Å². The van der Waals surface area contributed by atoms with Gasteiger partial charge >= 0.3 is 0 Å². The van der Waals surface area contributed by atoms with E-state index in [9.17, 15) is 0 Å². The maximum absolute atomic E-state index is 5.90. The summed E-state index contributed by atoms with van der Waals surface area (Å²) in [5, 5.41) is 3.56. The first-order chi connectivity index (χ1) is 6.45. The summed E-state index contributed by atoms with van der Waals surface area (Å²) in [4.78, 5) is 0. The SMILES string of the molecule is C1CCC2OCC3CCNC3=C2C1. The Bertz CT molecular complexity index is 246. The molecule has 0 amide bonds. The van der Waals surface area contributed by atoms with Gasteiger partial charge in [-0.3, -0.25) is 0 Å². The van der Waals surface area contributed by atoms with E-state index in [0.717, 1.165) is 6.61 Å². The Kier molecular flexibility index (Phi) is 1.82. The van der Waals surface area contributed by atoms with Crippen LogP contribution in [-0.4, -0.2) is 19.3 Å². The highest BCUT2D eigenvalue weighted by atomic mass is 16.5. The number of rotatable bonds is 0. The van der Waals surface area contributed by atoms with Crippen molar-refractivity contribution < 1.29 is 4.74 Å². The lowest BCUT2D eigenvalue weighted by Crippen LogP contribution is -2.32. The molecule has 0 radical (unpaired) electrons. The molecule has 0 spiro atoms. The molecule has 3 rings (SSSR count). The second kappa shape index (κ2) is 3.02. The molecule has 13 heavy (non-hydrogen) atoms. The van der Waals surface area contributed by atoms with Crippen molar-refractivity contribution in [2.75, 3.05) is 13.2 Å². The predicted molar refractivity (Wildman–Crippen MR) is 51.3 cm³/mol. The van der Waals surface area contributed by atoms with Gasteiger partial charge in [0.1, 0.15) is 0 Å². The maximum atomic E-state index is 5.90. The minimum absolute atomic E-state index is 0.477. The molecule has 2 aliphatic heterocycles. The molecule has 1 N–H and O–H groups in total. The molecule has 1 saturated heterocycles. The normalized spacial score (nSPS) is 38.2. The van der Waals surface area contributed by atoms with Gasteiger partial charge in [-0.05, 0) is 31.3 Å². The summed E-state index contributed by atoms with van der Waals surface area (Å²) in [5.41, 5.74) is 3.18. The van der Waals surface area contributed by atoms with Crippen LogP contribution in [0.2, 0.25) is 0 Å². The Morgan fingerprint density at radius 1 is 1.23 bits per heavy atom. The largest absolute Gasteiger partial charge is 0.388 e. The van der Waals surface area contributed by atoms with Crippen LogP contribution in [0.5, 0.6) is 0 Å². The van der Waals surface area contributed by atoms with Gasteiger partial charge in [0.2, 0.25) is 0 Å². The average molecular weight is 179 g/mol. The van der Waals surface area contributed by atoms with E-state index in [4.69, 9.17) is 4.74 Å². The molecular formula is C11H17NO. The van der Waals surface area contributed by atoms with Crippen molar-refractivity contribution in [2.45, 2.75) is 38.2 Å². The number of ether oxygens (including phenoxy) is 1. The number of fused-ring (bicyclic) bond motifs is 2. The van der Waals surface area contributed by atoms with E-state index < -0.39 is 0 Å². The van der Waals surface area contributed by atoms with Crippen LogP contribution >= 0.6 is 0 Å². The van der Waals surface area contributed by atoms with E-state index in [1.165, 1.54) is 38.6 Å². The summed E-state index contributed by atoms with van der Waals surface area (Å²) in [6.07, 6.45) is 7.02. The lowest BCUT2D eigenvalue weighted by Gasteiger charge is -2.34. The smallest absolute Gasteiger partial charge is 0.0804 e. The van der Waals surface area contributed by atoms with E-state index in [2.05, 4.69) is 5.32 Å². The summed E-state index contributed by atoms with van der Waals surface area (Å²) < 4.78 is 5.90. The Balaban J connectivity index is 1.94. The van der Waals surface area contributed by atoms with Crippen molar-refractivity contribution in [3.63, 3.8) is 0 Å². The van der Waals surface area contributed by atoms with Gasteiger partial charge in [0.25, 0.3) is 0 Å². The second-order valence-corrected chi connectivity index (χ2v) is 4.42. The molecular weight excluding hydrogens is 162 g/mol. The van der Waals surface area contributed by atoms with E-state index >= 15 is 0 Å². The monoisotopic (exact) mass is 179 g/mol. The van der Waals surface area contributed by atoms with Crippen molar-refractivity contribution in [3.05, 3.63) is 11.3 Å². The van der Waals surface area contributed by atoms with E-state index in [-0.39, 0.29) is 0 Å². The third kappa shape index (κ3) is 1.19. The molecule has 1 saturated carbocycles. The van der Waals surface area contributed by atoms with Gasteiger partial charge in [0.05, 0.1) is 12.7 Å². The zero-order valence-electron chi connectivity index (χ0n) is 8.01. The summed E-state index contributed by atoms with van der Waals surface area (Å²) in [6.45, 7) is 2.14. The van der Waals surface area contributed by atoms with Crippen LogP contribution in [0.25, 0.3) is 0 Å². The van der Waals surface area contributed by atoms with Gasteiger partial charge in [-0.1, -0.05) is 6.42 Å². The van der Waals surface area contributed by atoms with Crippen molar-refractivity contribution in [1.82, 2.24) is 5.32 Å². The van der Waals surface area contributed by atoms with E-state index in [0.29, 0.717) is 12.0 Å². The lowest BCUT2D eigenvalue weighted by molar-refractivity contribution is 0.0285. The molecule has 72 valence electrons. The molecule has 0 bridgehead atoms. The van der Waals surface area contributed by atoms with Crippen LogP contribution in [0.1, 0.15) is 32.1 Å². The van der Waals surface area contributed by atoms with Crippen LogP contribution in [0.4, 0.5) is 0 Å². The second-order valence-electron chi connectivity index (χ2n) is 4.42. The zero-order valence-corrected chi connectivity index (χ0v) is 8.01. The van der Waals surface area contributed by atoms with E-state index in [1.54, 1.807) is 11.3 Å². The van der Waals surface area contributed by atoms with Crippen molar-refractivity contribution in [1.29, 1.82) is 0 Å². The van der Waals surface area contributed by atoms with Crippen molar-refractivity contribution in [3.8, 4) is 0 Å². The standard InChI is InChI=1S/C11H17NO/c1-2-4-10-9(3-1)11-8(7-13-10)5-6-12-11/h8,10,12H,1-7H2. The summed E-state index contributed by atoms with van der Waals surface area (Å²) in [5.74, 6) is 0.712. The number of hydrogen-bond acceptors (Lipinski definition) is 2. The number of hydrogen-bond donors (Lipinski definition) is 1. The topological polar surface area (TPSA) is 21.3 Å². The zero-order chi connectivity index (χ0) is 8.67. The Hall–Kier alpha value is -0.500. The molecule has 3 aliphatic rings. The highest BCUT2D eigenvalue weighted by molar-refractivity contribution is 5.25. The third-order valence-corrected chi connectivity index (χ3v) is 3.61. The fourth-order valence-corrected chi connectivity index (χ4v) is 2.92. The van der Waals surface area contributed by atoms with Crippen LogP contribution in [0, 0.1) is 5.92 Å². The molecule has 2 heterocycles. The fraction of sp³-hybridized carbons (Fsp3) is 0.818.